The number of nitrogens with one attached hydrogen (secondary N) is 2. The van der Waals surface area contributed by atoms with Crippen LogP contribution < -0.4 is 5.32 Å². The van der Waals surface area contributed by atoms with E-state index in [-0.39, 0.29) is 50.1 Å². The van der Waals surface area contributed by atoms with Gasteiger partial charge >= 0.3 is 0 Å². The molecule has 18 heavy (non-hydrogen) atoms. The molecule has 3 heteroatoms. The Balaban J connectivity index is 0.00000289. The Morgan fingerprint density at radius 2 is 1.89 bits per heavy atom. The van der Waals surface area contributed by atoms with Crippen LogP contribution in [0.3, 0.4) is 0 Å². The van der Waals surface area contributed by atoms with Crippen molar-refractivity contribution in [3.63, 3.8) is 0 Å². The van der Waals surface area contributed by atoms with Gasteiger partial charge in [-0.15, -0.1) is 6.04 Å². The van der Waals surface area contributed by atoms with Crippen molar-refractivity contribution >= 4 is 0 Å². The summed E-state index contributed by atoms with van der Waals surface area (Å²) >= 11 is 0. The Labute approximate surface area is 149 Å². The van der Waals surface area contributed by atoms with Gasteiger partial charge in [0.2, 0.25) is 0 Å². The SMILES string of the molecule is C=C(C)N[C@@H]1C[C@H](C)C[C@H]1C([NH-])C(CC)CC.[Ac]. The standard InChI is InChI=1S/C15H29N2.Ac/c1-6-12(7-2)15(16)13-8-11(5)9-14(13)17-10(3)4;/h11-17H,3,6-9H2,1-2,4-5H3;/q-1;/t11-,13-,14-,15?;/m1./s1. The predicted molar refractivity (Wildman–Crippen MR) is 75.8 cm³/mol. The van der Waals surface area contributed by atoms with Crippen LogP contribution in [0, 0.1) is 61.8 Å². The van der Waals surface area contributed by atoms with Crippen LogP contribution in [0.25, 0.3) is 5.73 Å². The van der Waals surface area contributed by atoms with Crippen LogP contribution in [0.2, 0.25) is 0 Å². The summed E-state index contributed by atoms with van der Waals surface area (Å²) in [5.74, 6) is 1.81. The van der Waals surface area contributed by atoms with E-state index in [1.54, 1.807) is 0 Å². The van der Waals surface area contributed by atoms with E-state index in [2.05, 4.69) is 32.7 Å². The summed E-state index contributed by atoms with van der Waals surface area (Å²) < 4.78 is 0. The zero-order chi connectivity index (χ0) is 13.0. The average Bonchev–Trinajstić information content (AvgIpc) is 2.60. The van der Waals surface area contributed by atoms with Crippen molar-refractivity contribution in [1.29, 1.82) is 0 Å². The third-order valence-electron chi connectivity index (χ3n) is 4.30. The van der Waals surface area contributed by atoms with Gasteiger partial charge in [-0.25, -0.2) is 0 Å². The van der Waals surface area contributed by atoms with Gasteiger partial charge in [0.25, 0.3) is 0 Å². The first-order chi connectivity index (χ1) is 7.99. The van der Waals surface area contributed by atoms with E-state index in [1.807, 2.05) is 6.92 Å². The van der Waals surface area contributed by atoms with Crippen molar-refractivity contribution in [3.8, 4) is 0 Å². The Morgan fingerprint density at radius 1 is 1.33 bits per heavy atom. The maximum atomic E-state index is 8.52. The molecule has 0 amide bonds. The number of hydrogen-bond acceptors (Lipinski definition) is 1. The molecule has 1 aliphatic rings. The first kappa shape index (κ1) is 18.9. The van der Waals surface area contributed by atoms with Crippen LogP contribution in [-0.4, -0.2) is 12.1 Å². The van der Waals surface area contributed by atoms with Gasteiger partial charge in [0.1, 0.15) is 0 Å². The molecule has 1 saturated carbocycles. The average molecular weight is 464 g/mol. The van der Waals surface area contributed by atoms with Crippen LogP contribution in [0.15, 0.2) is 12.3 Å². The molecule has 1 rings (SSSR count). The molecule has 1 radical (unpaired) electrons. The quantitative estimate of drug-likeness (QED) is 0.623. The number of rotatable bonds is 6. The minimum atomic E-state index is 0. The molecule has 0 spiro atoms. The van der Waals surface area contributed by atoms with E-state index in [4.69, 9.17) is 5.73 Å². The van der Waals surface area contributed by atoms with Crippen LogP contribution >= 0.6 is 0 Å². The molecule has 0 aromatic carbocycles. The first-order valence-corrected chi connectivity index (χ1v) is 7.12. The van der Waals surface area contributed by atoms with E-state index in [0.29, 0.717) is 17.9 Å². The molecule has 0 aliphatic heterocycles. The molecular weight excluding hydrogens is 435 g/mol. The summed E-state index contributed by atoms with van der Waals surface area (Å²) in [7, 11) is 0. The van der Waals surface area contributed by atoms with Gasteiger partial charge in [-0.05, 0) is 31.6 Å². The zero-order valence-electron chi connectivity index (χ0n) is 12.5. The number of hydrogen-bond donors (Lipinski definition) is 1. The summed E-state index contributed by atoms with van der Waals surface area (Å²) in [6.45, 7) is 12.7. The Kier molecular flexibility index (Phi) is 9.45. The molecule has 0 aromatic rings. The molecule has 4 atom stereocenters. The van der Waals surface area contributed by atoms with Crippen LogP contribution in [0.4, 0.5) is 0 Å². The monoisotopic (exact) mass is 464 g/mol. The van der Waals surface area contributed by atoms with Gasteiger partial charge in [-0.1, -0.05) is 46.1 Å². The number of allylic oxidation sites excluding steroid dienone is 1. The summed E-state index contributed by atoms with van der Waals surface area (Å²) in [4.78, 5) is 0. The fraction of sp³-hybridized carbons (Fsp3) is 0.867. The van der Waals surface area contributed by atoms with E-state index in [1.165, 1.54) is 12.8 Å². The second kappa shape index (κ2) is 8.98. The molecule has 1 fully saturated rings. The molecule has 2 N–H and O–H groups in total. The van der Waals surface area contributed by atoms with Crippen LogP contribution in [-0.2, 0) is 0 Å². The smallest absolute Gasteiger partial charge is 0.0274 e. The molecule has 1 unspecified atom stereocenters. The van der Waals surface area contributed by atoms with Crippen LogP contribution in [0.1, 0.15) is 53.4 Å². The zero-order valence-corrected chi connectivity index (χ0v) is 17.2. The second-order valence-corrected chi connectivity index (χ2v) is 5.87. The largest absolute Gasteiger partial charge is 0.674 e. The molecular formula is C15H29AcN2-. The summed E-state index contributed by atoms with van der Waals surface area (Å²) in [5.41, 5.74) is 9.57. The van der Waals surface area contributed by atoms with Crippen molar-refractivity contribution in [2.24, 2.45) is 17.8 Å². The molecule has 2 nitrogen and oxygen atoms in total. The van der Waals surface area contributed by atoms with Gasteiger partial charge in [0.15, 0.2) is 0 Å². The minimum Gasteiger partial charge on any atom is -0.674 e. The summed E-state index contributed by atoms with van der Waals surface area (Å²) in [5, 5.41) is 3.49. The van der Waals surface area contributed by atoms with Crippen molar-refractivity contribution in [2.45, 2.75) is 65.5 Å². The third-order valence-corrected chi connectivity index (χ3v) is 4.30. The van der Waals surface area contributed by atoms with Crippen LogP contribution in [0.5, 0.6) is 0 Å². The van der Waals surface area contributed by atoms with Crippen molar-refractivity contribution < 1.29 is 44.1 Å². The first-order valence-electron chi connectivity index (χ1n) is 7.12. The predicted octanol–water partition coefficient (Wildman–Crippen LogP) is 4.38. The molecule has 103 valence electrons. The van der Waals surface area contributed by atoms with Crippen molar-refractivity contribution in [1.82, 2.24) is 5.32 Å². The second-order valence-electron chi connectivity index (χ2n) is 5.87. The summed E-state index contributed by atoms with van der Waals surface area (Å²) in [6, 6.07) is 0.567. The normalized spacial score (nSPS) is 28.9. The Bertz CT molecular complexity index is 251. The maximum Gasteiger partial charge on any atom is 0.0274 e. The van der Waals surface area contributed by atoms with Gasteiger partial charge in [0.05, 0.1) is 0 Å². The van der Waals surface area contributed by atoms with Crippen molar-refractivity contribution in [3.05, 3.63) is 18.0 Å². The fourth-order valence-electron chi connectivity index (χ4n) is 3.36. The Morgan fingerprint density at radius 3 is 2.33 bits per heavy atom. The fourth-order valence-corrected chi connectivity index (χ4v) is 3.36. The maximum absolute atomic E-state index is 8.52. The van der Waals surface area contributed by atoms with E-state index in [9.17, 15) is 0 Å². The topological polar surface area (TPSA) is 35.8 Å². The van der Waals surface area contributed by atoms with Gasteiger partial charge in [0, 0.05) is 55.8 Å². The van der Waals surface area contributed by atoms with E-state index < -0.39 is 0 Å². The minimum absolute atomic E-state index is 0. The van der Waals surface area contributed by atoms with Gasteiger partial charge in [-0.3, -0.25) is 0 Å². The van der Waals surface area contributed by atoms with E-state index >= 15 is 0 Å². The molecule has 0 saturated heterocycles. The molecule has 0 heterocycles. The third kappa shape index (κ3) is 5.14. The molecule has 1 aliphatic carbocycles. The Hall–Kier alpha value is 0.942. The van der Waals surface area contributed by atoms with Gasteiger partial charge < -0.3 is 11.1 Å². The summed E-state index contributed by atoms with van der Waals surface area (Å²) in [6.07, 6.45) is 4.67. The van der Waals surface area contributed by atoms with E-state index in [0.717, 1.165) is 24.5 Å². The molecule has 0 aromatic heterocycles. The van der Waals surface area contributed by atoms with Crippen molar-refractivity contribution in [2.75, 3.05) is 0 Å². The van der Waals surface area contributed by atoms with Gasteiger partial charge in [-0.2, -0.15) is 0 Å². The molecule has 0 bridgehead atoms.